The fraction of sp³-hybridized carbons (Fsp3) is 0.214. The summed E-state index contributed by atoms with van der Waals surface area (Å²) >= 11 is 0. The Bertz CT molecular complexity index is 587. The molecule has 1 amide bonds. The molecule has 0 unspecified atom stereocenters. The second kappa shape index (κ2) is 6.63. The van der Waals surface area contributed by atoms with Gasteiger partial charge in [-0.2, -0.15) is 0 Å². The minimum absolute atomic E-state index is 0.357. The molecule has 2 aromatic rings. The van der Waals surface area contributed by atoms with Crippen molar-refractivity contribution in [2.45, 2.75) is 0 Å². The average molecular weight is 272 g/mol. The van der Waals surface area contributed by atoms with E-state index in [-0.39, 0.29) is 0 Å². The van der Waals surface area contributed by atoms with Crippen LogP contribution in [-0.2, 0) is 4.74 Å². The number of aromatic nitrogens is 2. The Kier molecular flexibility index (Phi) is 4.62. The van der Waals surface area contributed by atoms with Crippen LogP contribution in [0.1, 0.15) is 10.4 Å². The Labute approximate surface area is 117 Å². The van der Waals surface area contributed by atoms with Crippen LogP contribution in [0.25, 0.3) is 11.1 Å². The van der Waals surface area contributed by atoms with Crippen molar-refractivity contribution in [2.24, 2.45) is 5.73 Å². The van der Waals surface area contributed by atoms with Gasteiger partial charge in [-0.05, 0) is 23.8 Å². The Morgan fingerprint density at radius 3 is 2.75 bits per heavy atom. The molecule has 20 heavy (non-hydrogen) atoms. The third kappa shape index (κ3) is 3.30. The Morgan fingerprint density at radius 1 is 1.35 bits per heavy atom. The number of nitrogens with one attached hydrogen (secondary N) is 1. The molecule has 0 saturated carbocycles. The summed E-state index contributed by atoms with van der Waals surface area (Å²) in [5, 5.41) is 3.02. The molecule has 2 heterocycles. The van der Waals surface area contributed by atoms with E-state index in [4.69, 9.17) is 10.5 Å². The van der Waals surface area contributed by atoms with Crippen molar-refractivity contribution < 1.29 is 9.53 Å². The summed E-state index contributed by atoms with van der Waals surface area (Å²) in [5.74, 6) is -0.0549. The monoisotopic (exact) mass is 272 g/mol. The van der Waals surface area contributed by atoms with Gasteiger partial charge in [0.1, 0.15) is 5.82 Å². The minimum atomic E-state index is -0.520. The van der Waals surface area contributed by atoms with Gasteiger partial charge in [0.25, 0.3) is 5.91 Å². The van der Waals surface area contributed by atoms with E-state index in [2.05, 4.69) is 15.3 Å². The molecular weight excluding hydrogens is 256 g/mol. The van der Waals surface area contributed by atoms with Gasteiger partial charge >= 0.3 is 0 Å². The van der Waals surface area contributed by atoms with Gasteiger partial charge in [-0.3, -0.25) is 9.78 Å². The molecular formula is C14H16N4O2. The zero-order valence-corrected chi connectivity index (χ0v) is 11.2. The van der Waals surface area contributed by atoms with Crippen molar-refractivity contribution in [3.63, 3.8) is 0 Å². The maximum absolute atomic E-state index is 11.5. The molecule has 2 aromatic heterocycles. The van der Waals surface area contributed by atoms with E-state index in [0.29, 0.717) is 24.5 Å². The van der Waals surface area contributed by atoms with E-state index in [1.165, 1.54) is 0 Å². The predicted molar refractivity (Wildman–Crippen MR) is 76.4 cm³/mol. The highest BCUT2D eigenvalue weighted by Gasteiger charge is 2.11. The van der Waals surface area contributed by atoms with Crippen LogP contribution in [0, 0.1) is 0 Å². The highest BCUT2D eigenvalue weighted by atomic mass is 16.5. The molecule has 6 heteroatoms. The van der Waals surface area contributed by atoms with Gasteiger partial charge in [0.05, 0.1) is 12.2 Å². The van der Waals surface area contributed by atoms with Crippen LogP contribution in [-0.4, -0.2) is 36.1 Å². The number of nitrogens with two attached hydrogens (primary N) is 1. The molecule has 6 nitrogen and oxygen atoms in total. The molecule has 0 aliphatic carbocycles. The number of methoxy groups -OCH3 is 1. The summed E-state index contributed by atoms with van der Waals surface area (Å²) in [6, 6.07) is 5.42. The van der Waals surface area contributed by atoms with Crippen LogP contribution in [0.5, 0.6) is 0 Å². The summed E-state index contributed by atoms with van der Waals surface area (Å²) < 4.78 is 4.94. The lowest BCUT2D eigenvalue weighted by Crippen LogP contribution is -2.17. The van der Waals surface area contributed by atoms with E-state index in [1.54, 1.807) is 31.8 Å². The van der Waals surface area contributed by atoms with Crippen LogP contribution < -0.4 is 11.1 Å². The lowest BCUT2D eigenvalue weighted by molar-refractivity contribution is 0.100. The van der Waals surface area contributed by atoms with Crippen molar-refractivity contribution in [1.82, 2.24) is 9.97 Å². The van der Waals surface area contributed by atoms with Gasteiger partial charge in [-0.1, -0.05) is 0 Å². The topological polar surface area (TPSA) is 90.1 Å². The van der Waals surface area contributed by atoms with Gasteiger partial charge in [0.2, 0.25) is 0 Å². The normalized spacial score (nSPS) is 10.2. The molecule has 0 fully saturated rings. The molecule has 0 aliphatic rings. The molecule has 0 saturated heterocycles. The Morgan fingerprint density at radius 2 is 2.10 bits per heavy atom. The third-order valence-electron chi connectivity index (χ3n) is 2.77. The maximum Gasteiger partial charge on any atom is 0.252 e. The molecule has 0 radical (unpaired) electrons. The highest BCUT2D eigenvalue weighted by molar-refractivity contribution is 5.98. The second-order valence-corrected chi connectivity index (χ2v) is 4.14. The first-order valence-corrected chi connectivity index (χ1v) is 6.15. The second-order valence-electron chi connectivity index (χ2n) is 4.14. The van der Waals surface area contributed by atoms with Crippen LogP contribution in [0.4, 0.5) is 5.82 Å². The number of hydrogen-bond acceptors (Lipinski definition) is 5. The number of rotatable bonds is 6. The summed E-state index contributed by atoms with van der Waals surface area (Å²) in [7, 11) is 1.61. The van der Waals surface area contributed by atoms with Crippen LogP contribution in [0.3, 0.4) is 0 Å². The maximum atomic E-state index is 11.5. The SMILES string of the molecule is COCCNc1ncc(-c2ccncc2)cc1C(N)=O. The third-order valence-corrected chi connectivity index (χ3v) is 2.77. The van der Waals surface area contributed by atoms with Crippen LogP contribution in [0.2, 0.25) is 0 Å². The van der Waals surface area contributed by atoms with Crippen LogP contribution in [0.15, 0.2) is 36.8 Å². The number of carbonyl (C=O) groups excluding carboxylic acids is 1. The van der Waals surface area contributed by atoms with Crippen molar-refractivity contribution in [3.05, 3.63) is 42.4 Å². The first-order chi connectivity index (χ1) is 9.72. The number of nitrogens with zero attached hydrogens (tertiary/aromatic N) is 2. The Balaban J connectivity index is 2.30. The van der Waals surface area contributed by atoms with E-state index < -0.39 is 5.91 Å². The molecule has 0 atom stereocenters. The Hall–Kier alpha value is -2.47. The van der Waals surface area contributed by atoms with E-state index in [1.807, 2.05) is 12.1 Å². The molecule has 0 spiro atoms. The summed E-state index contributed by atoms with van der Waals surface area (Å²) in [6.07, 6.45) is 5.06. The summed E-state index contributed by atoms with van der Waals surface area (Å²) in [6.45, 7) is 1.07. The number of carbonyl (C=O) groups is 1. The highest BCUT2D eigenvalue weighted by Crippen LogP contribution is 2.22. The van der Waals surface area contributed by atoms with Gasteiger partial charge in [-0.15, -0.1) is 0 Å². The summed E-state index contributed by atoms with van der Waals surface area (Å²) in [5.41, 5.74) is 7.51. The van der Waals surface area contributed by atoms with E-state index in [0.717, 1.165) is 11.1 Å². The molecule has 104 valence electrons. The zero-order chi connectivity index (χ0) is 14.4. The first-order valence-electron chi connectivity index (χ1n) is 6.15. The number of pyridine rings is 2. The van der Waals surface area contributed by atoms with Gasteiger partial charge in [-0.25, -0.2) is 4.98 Å². The minimum Gasteiger partial charge on any atom is -0.383 e. The van der Waals surface area contributed by atoms with Crippen molar-refractivity contribution in [3.8, 4) is 11.1 Å². The van der Waals surface area contributed by atoms with Gasteiger partial charge in [0, 0.05) is 37.8 Å². The van der Waals surface area contributed by atoms with Gasteiger partial charge < -0.3 is 15.8 Å². The van der Waals surface area contributed by atoms with Gasteiger partial charge in [0.15, 0.2) is 0 Å². The molecule has 0 bridgehead atoms. The fourth-order valence-electron chi connectivity index (χ4n) is 1.77. The first kappa shape index (κ1) is 14.0. The fourth-order valence-corrected chi connectivity index (χ4v) is 1.77. The lowest BCUT2D eigenvalue weighted by Gasteiger charge is -2.10. The number of amides is 1. The number of hydrogen-bond donors (Lipinski definition) is 2. The summed E-state index contributed by atoms with van der Waals surface area (Å²) in [4.78, 5) is 19.8. The quantitative estimate of drug-likeness (QED) is 0.774. The van der Waals surface area contributed by atoms with E-state index in [9.17, 15) is 4.79 Å². The largest absolute Gasteiger partial charge is 0.383 e. The zero-order valence-electron chi connectivity index (χ0n) is 11.2. The molecule has 3 N–H and O–H groups in total. The predicted octanol–water partition coefficient (Wildman–Crippen LogP) is 1.30. The smallest absolute Gasteiger partial charge is 0.252 e. The molecule has 0 aliphatic heterocycles. The van der Waals surface area contributed by atoms with Crippen LogP contribution >= 0.6 is 0 Å². The van der Waals surface area contributed by atoms with E-state index >= 15 is 0 Å². The standard InChI is InChI=1S/C14H16N4O2/c1-20-7-6-17-14-12(13(15)19)8-11(9-18-14)10-2-4-16-5-3-10/h2-5,8-9H,6-7H2,1H3,(H2,15,19)(H,17,18). The molecule has 0 aromatic carbocycles. The number of anilines is 1. The molecule has 2 rings (SSSR count). The average Bonchev–Trinajstić information content (AvgIpc) is 2.48. The van der Waals surface area contributed by atoms with Crippen molar-refractivity contribution in [1.29, 1.82) is 0 Å². The number of primary amides is 1. The number of ether oxygens (including phenoxy) is 1. The lowest BCUT2D eigenvalue weighted by atomic mass is 10.1. The van der Waals surface area contributed by atoms with Crippen molar-refractivity contribution in [2.75, 3.05) is 25.6 Å². The van der Waals surface area contributed by atoms with Crippen molar-refractivity contribution >= 4 is 11.7 Å².